The summed E-state index contributed by atoms with van der Waals surface area (Å²) in [5, 5.41) is 12.4. The number of hydrogen-bond donors (Lipinski definition) is 2. The third-order valence-corrected chi connectivity index (χ3v) is 2.61. The number of rotatable bonds is 6. The molecule has 0 radical (unpaired) electrons. The van der Waals surface area contributed by atoms with Gasteiger partial charge in [0.1, 0.15) is 11.6 Å². The number of aliphatic hydroxyl groups excluding tert-OH is 1. The number of halogens is 1. The number of Topliss-reactive ketones (excluding diaryl/α,β-unsaturated/α-hetero) is 1. The molecule has 1 amide bonds. The van der Waals surface area contributed by atoms with E-state index in [0.29, 0.717) is 5.56 Å². The average Bonchev–Trinajstić information content (AvgIpc) is 2.27. The Morgan fingerprint density at radius 2 is 2.05 bits per heavy atom. The fourth-order valence-corrected chi connectivity index (χ4v) is 1.82. The van der Waals surface area contributed by atoms with Gasteiger partial charge in [0.15, 0.2) is 0 Å². The molecule has 0 aromatic heterocycles. The number of benzene rings is 1. The molecule has 1 aromatic rings. The van der Waals surface area contributed by atoms with Crippen LogP contribution in [0.2, 0.25) is 0 Å². The smallest absolute Gasteiger partial charge is 0.223 e. The molecule has 0 saturated heterocycles. The third-order valence-electron chi connectivity index (χ3n) is 2.61. The van der Waals surface area contributed by atoms with Crippen molar-refractivity contribution in [2.75, 3.05) is 0 Å². The maximum atomic E-state index is 13.0. The van der Waals surface area contributed by atoms with Crippen LogP contribution in [-0.4, -0.2) is 22.8 Å². The van der Waals surface area contributed by atoms with Crippen molar-refractivity contribution in [3.05, 3.63) is 35.6 Å². The van der Waals surface area contributed by atoms with Gasteiger partial charge in [0, 0.05) is 12.5 Å². The third kappa shape index (κ3) is 5.61. The van der Waals surface area contributed by atoms with E-state index in [4.69, 9.17) is 0 Å². The van der Waals surface area contributed by atoms with Gasteiger partial charge in [-0.05, 0) is 31.5 Å². The van der Waals surface area contributed by atoms with E-state index in [0.717, 1.165) is 0 Å². The minimum Gasteiger partial charge on any atom is -0.388 e. The van der Waals surface area contributed by atoms with Crippen LogP contribution in [0.4, 0.5) is 4.39 Å². The van der Waals surface area contributed by atoms with E-state index in [1.54, 1.807) is 13.0 Å². The summed E-state index contributed by atoms with van der Waals surface area (Å²) in [6.45, 7) is 3.16. The molecule has 0 fully saturated rings. The summed E-state index contributed by atoms with van der Waals surface area (Å²) < 4.78 is 13.0. The fourth-order valence-electron chi connectivity index (χ4n) is 1.82. The lowest BCUT2D eigenvalue weighted by Gasteiger charge is -2.15. The zero-order valence-electron chi connectivity index (χ0n) is 11.0. The Morgan fingerprint density at radius 1 is 1.37 bits per heavy atom. The van der Waals surface area contributed by atoms with Crippen LogP contribution in [0, 0.1) is 5.82 Å². The summed E-state index contributed by atoms with van der Waals surface area (Å²) in [5.74, 6) is -0.842. The Bertz CT molecular complexity index is 462. The summed E-state index contributed by atoms with van der Waals surface area (Å²) in [5.41, 5.74) is 0.356. The number of amides is 1. The Labute approximate surface area is 111 Å². The quantitative estimate of drug-likeness (QED) is 0.825. The number of nitrogens with one attached hydrogen (secondary N) is 1. The second-order valence-electron chi connectivity index (χ2n) is 4.65. The van der Waals surface area contributed by atoms with Crippen molar-refractivity contribution in [3.8, 4) is 0 Å². The summed E-state index contributed by atoms with van der Waals surface area (Å²) in [6.07, 6.45) is -0.965. The molecule has 2 unspecified atom stereocenters. The molecule has 5 heteroatoms. The molecule has 1 aromatic carbocycles. The minimum absolute atomic E-state index is 0.0153. The summed E-state index contributed by atoms with van der Waals surface area (Å²) in [4.78, 5) is 22.5. The largest absolute Gasteiger partial charge is 0.388 e. The van der Waals surface area contributed by atoms with Gasteiger partial charge in [0.05, 0.1) is 12.5 Å². The number of ketones is 1. The second kappa shape index (κ2) is 6.99. The van der Waals surface area contributed by atoms with Gasteiger partial charge >= 0.3 is 0 Å². The van der Waals surface area contributed by atoms with Gasteiger partial charge in [0.25, 0.3) is 0 Å². The van der Waals surface area contributed by atoms with Crippen molar-refractivity contribution in [1.82, 2.24) is 5.32 Å². The van der Waals surface area contributed by atoms with E-state index in [9.17, 15) is 19.1 Å². The van der Waals surface area contributed by atoms with Crippen LogP contribution >= 0.6 is 0 Å². The lowest BCUT2D eigenvalue weighted by Crippen LogP contribution is -2.34. The highest BCUT2D eigenvalue weighted by Crippen LogP contribution is 2.17. The van der Waals surface area contributed by atoms with Crippen molar-refractivity contribution >= 4 is 11.7 Å². The van der Waals surface area contributed by atoms with Crippen LogP contribution < -0.4 is 5.32 Å². The molecule has 1 rings (SSSR count). The molecule has 0 aliphatic heterocycles. The lowest BCUT2D eigenvalue weighted by atomic mass is 10.1. The van der Waals surface area contributed by atoms with E-state index in [-0.39, 0.29) is 30.6 Å². The predicted molar refractivity (Wildman–Crippen MR) is 68.9 cm³/mol. The Hall–Kier alpha value is -1.75. The Morgan fingerprint density at radius 3 is 2.63 bits per heavy atom. The van der Waals surface area contributed by atoms with Gasteiger partial charge in [0.2, 0.25) is 5.91 Å². The standard InChI is InChI=1S/C14H18FNO3/c1-9(6-10(2)17)16-14(19)8-13(18)11-4-3-5-12(15)7-11/h3-5,7,9,13,18H,6,8H2,1-2H3,(H,16,19). The first-order valence-corrected chi connectivity index (χ1v) is 6.11. The monoisotopic (exact) mass is 267 g/mol. The molecule has 104 valence electrons. The van der Waals surface area contributed by atoms with Crippen molar-refractivity contribution in [2.45, 2.75) is 38.8 Å². The predicted octanol–water partition coefficient (Wildman–Crippen LogP) is 1.73. The van der Waals surface area contributed by atoms with Crippen LogP contribution in [-0.2, 0) is 9.59 Å². The Kier molecular flexibility index (Phi) is 5.63. The van der Waals surface area contributed by atoms with Crippen LogP contribution in [0.3, 0.4) is 0 Å². The molecule has 0 spiro atoms. The first-order valence-electron chi connectivity index (χ1n) is 6.11. The normalized spacial score (nSPS) is 13.7. The zero-order valence-corrected chi connectivity index (χ0v) is 11.0. The topological polar surface area (TPSA) is 66.4 Å². The molecule has 19 heavy (non-hydrogen) atoms. The fraction of sp³-hybridized carbons (Fsp3) is 0.429. The van der Waals surface area contributed by atoms with E-state index >= 15 is 0 Å². The highest BCUT2D eigenvalue weighted by Gasteiger charge is 2.15. The van der Waals surface area contributed by atoms with E-state index < -0.39 is 11.9 Å². The van der Waals surface area contributed by atoms with Gasteiger partial charge in [-0.2, -0.15) is 0 Å². The van der Waals surface area contributed by atoms with Gasteiger partial charge < -0.3 is 10.4 Å². The Balaban J connectivity index is 2.50. The van der Waals surface area contributed by atoms with E-state index in [2.05, 4.69) is 5.32 Å². The minimum atomic E-state index is -1.06. The van der Waals surface area contributed by atoms with Gasteiger partial charge in [-0.3, -0.25) is 9.59 Å². The molecule has 2 atom stereocenters. The number of carbonyl (C=O) groups excluding carboxylic acids is 2. The maximum Gasteiger partial charge on any atom is 0.223 e. The average molecular weight is 267 g/mol. The highest BCUT2D eigenvalue weighted by molar-refractivity contribution is 5.79. The first kappa shape index (κ1) is 15.3. The number of carbonyl (C=O) groups is 2. The molecule has 0 aliphatic rings. The van der Waals surface area contributed by atoms with Crippen molar-refractivity contribution in [2.24, 2.45) is 0 Å². The molecular formula is C14H18FNO3. The van der Waals surface area contributed by atoms with Crippen LogP contribution in [0.15, 0.2) is 24.3 Å². The summed E-state index contributed by atoms with van der Waals surface area (Å²) in [7, 11) is 0. The van der Waals surface area contributed by atoms with Crippen LogP contribution in [0.25, 0.3) is 0 Å². The molecule has 4 nitrogen and oxygen atoms in total. The summed E-state index contributed by atoms with van der Waals surface area (Å²) >= 11 is 0. The van der Waals surface area contributed by atoms with Gasteiger partial charge in [-0.15, -0.1) is 0 Å². The second-order valence-corrected chi connectivity index (χ2v) is 4.65. The van der Waals surface area contributed by atoms with E-state index in [1.165, 1.54) is 25.1 Å². The van der Waals surface area contributed by atoms with Crippen LogP contribution in [0.5, 0.6) is 0 Å². The molecule has 2 N–H and O–H groups in total. The van der Waals surface area contributed by atoms with Crippen molar-refractivity contribution in [1.29, 1.82) is 0 Å². The first-order chi connectivity index (χ1) is 8.88. The van der Waals surface area contributed by atoms with Gasteiger partial charge in [-0.25, -0.2) is 4.39 Å². The maximum absolute atomic E-state index is 13.0. The van der Waals surface area contributed by atoms with Crippen LogP contribution in [0.1, 0.15) is 38.4 Å². The van der Waals surface area contributed by atoms with Crippen molar-refractivity contribution in [3.63, 3.8) is 0 Å². The zero-order chi connectivity index (χ0) is 14.4. The number of aliphatic hydroxyl groups is 1. The molecular weight excluding hydrogens is 249 g/mol. The van der Waals surface area contributed by atoms with Crippen molar-refractivity contribution < 1.29 is 19.1 Å². The van der Waals surface area contributed by atoms with Gasteiger partial charge in [-0.1, -0.05) is 12.1 Å². The van der Waals surface area contributed by atoms with E-state index in [1.807, 2.05) is 0 Å². The summed E-state index contributed by atoms with van der Waals surface area (Å²) in [6, 6.07) is 5.22. The SMILES string of the molecule is CC(=O)CC(C)NC(=O)CC(O)c1cccc(F)c1. The lowest BCUT2D eigenvalue weighted by molar-refractivity contribution is -0.124. The molecule has 0 bridgehead atoms. The molecule has 0 heterocycles. The number of hydrogen-bond acceptors (Lipinski definition) is 3. The molecule has 0 aliphatic carbocycles. The highest BCUT2D eigenvalue weighted by atomic mass is 19.1. The molecule has 0 saturated carbocycles.